The number of Topliss-reactive ketones (excluding diaryl/α,β-unsaturated/α-hetero) is 1. The summed E-state index contributed by atoms with van der Waals surface area (Å²) in [6.07, 6.45) is 0.116. The summed E-state index contributed by atoms with van der Waals surface area (Å²) in [5.41, 5.74) is 1.30. The molecular formula is C16H12BrClO3. The van der Waals surface area contributed by atoms with E-state index in [2.05, 4.69) is 15.9 Å². The Labute approximate surface area is 136 Å². The summed E-state index contributed by atoms with van der Waals surface area (Å²) in [6.45, 7) is -0.256. The van der Waals surface area contributed by atoms with E-state index in [9.17, 15) is 9.59 Å². The molecule has 0 bridgehead atoms. The second kappa shape index (κ2) is 7.38. The SMILES string of the molecule is O=C(Cc1ccc(Cl)cc1)OCC(=O)c1ccc(Br)cc1. The highest BCUT2D eigenvalue weighted by Crippen LogP contribution is 2.12. The van der Waals surface area contributed by atoms with Crippen molar-refractivity contribution in [3.63, 3.8) is 0 Å². The average Bonchev–Trinajstić information content (AvgIpc) is 2.48. The van der Waals surface area contributed by atoms with Crippen LogP contribution in [0.15, 0.2) is 53.0 Å². The third kappa shape index (κ3) is 4.99. The van der Waals surface area contributed by atoms with Crippen LogP contribution >= 0.6 is 27.5 Å². The summed E-state index contributed by atoms with van der Waals surface area (Å²) >= 11 is 9.06. The number of benzene rings is 2. The number of ether oxygens (including phenoxy) is 1. The molecule has 5 heteroatoms. The van der Waals surface area contributed by atoms with Gasteiger partial charge in [-0.25, -0.2) is 0 Å². The largest absolute Gasteiger partial charge is 0.457 e. The molecule has 0 aliphatic rings. The van der Waals surface area contributed by atoms with E-state index in [0.29, 0.717) is 10.6 Å². The monoisotopic (exact) mass is 366 g/mol. The van der Waals surface area contributed by atoms with Crippen LogP contribution < -0.4 is 0 Å². The molecule has 0 radical (unpaired) electrons. The number of hydrogen-bond donors (Lipinski definition) is 0. The Hall–Kier alpha value is -1.65. The predicted octanol–water partition coefficient (Wildman–Crippen LogP) is 4.07. The van der Waals surface area contributed by atoms with Crippen molar-refractivity contribution in [1.29, 1.82) is 0 Å². The van der Waals surface area contributed by atoms with Gasteiger partial charge in [-0.05, 0) is 29.8 Å². The van der Waals surface area contributed by atoms with Crippen molar-refractivity contribution in [3.8, 4) is 0 Å². The molecule has 0 aliphatic heterocycles. The van der Waals surface area contributed by atoms with Gasteiger partial charge in [-0.1, -0.05) is 51.8 Å². The Kier molecular flexibility index (Phi) is 5.53. The number of carbonyl (C=O) groups excluding carboxylic acids is 2. The van der Waals surface area contributed by atoms with E-state index in [1.165, 1.54) is 0 Å². The van der Waals surface area contributed by atoms with E-state index in [-0.39, 0.29) is 18.8 Å². The summed E-state index contributed by atoms with van der Waals surface area (Å²) < 4.78 is 5.88. The van der Waals surface area contributed by atoms with Crippen LogP contribution in [0.25, 0.3) is 0 Å². The topological polar surface area (TPSA) is 43.4 Å². The number of rotatable bonds is 5. The van der Waals surface area contributed by atoms with Gasteiger partial charge in [-0.15, -0.1) is 0 Å². The first-order valence-corrected chi connectivity index (χ1v) is 7.40. The molecule has 0 saturated carbocycles. The zero-order valence-corrected chi connectivity index (χ0v) is 13.4. The van der Waals surface area contributed by atoms with Crippen LogP contribution in [-0.2, 0) is 16.0 Å². The minimum Gasteiger partial charge on any atom is -0.457 e. The van der Waals surface area contributed by atoms with E-state index in [0.717, 1.165) is 10.0 Å². The van der Waals surface area contributed by atoms with Crippen molar-refractivity contribution in [2.24, 2.45) is 0 Å². The molecular weight excluding hydrogens is 356 g/mol. The van der Waals surface area contributed by atoms with Crippen LogP contribution in [0, 0.1) is 0 Å². The van der Waals surface area contributed by atoms with Gasteiger partial charge in [0.1, 0.15) is 0 Å². The van der Waals surface area contributed by atoms with Gasteiger partial charge in [0.15, 0.2) is 12.4 Å². The smallest absolute Gasteiger partial charge is 0.310 e. The fourth-order valence-corrected chi connectivity index (χ4v) is 2.08. The highest BCUT2D eigenvalue weighted by molar-refractivity contribution is 9.10. The first-order valence-electron chi connectivity index (χ1n) is 6.23. The summed E-state index contributed by atoms with van der Waals surface area (Å²) in [6, 6.07) is 13.8. The van der Waals surface area contributed by atoms with Crippen LogP contribution in [0.5, 0.6) is 0 Å². The fourth-order valence-electron chi connectivity index (χ4n) is 1.69. The third-order valence-electron chi connectivity index (χ3n) is 2.79. The highest BCUT2D eigenvalue weighted by atomic mass is 79.9. The Morgan fingerprint density at radius 3 is 2.24 bits per heavy atom. The molecule has 108 valence electrons. The zero-order valence-electron chi connectivity index (χ0n) is 11.0. The molecule has 21 heavy (non-hydrogen) atoms. The molecule has 0 fully saturated rings. The molecule has 2 rings (SSSR count). The fraction of sp³-hybridized carbons (Fsp3) is 0.125. The highest BCUT2D eigenvalue weighted by Gasteiger charge is 2.10. The number of esters is 1. The normalized spacial score (nSPS) is 10.2. The van der Waals surface area contributed by atoms with E-state index in [4.69, 9.17) is 16.3 Å². The molecule has 0 atom stereocenters. The maximum atomic E-state index is 11.8. The summed E-state index contributed by atoms with van der Waals surface area (Å²) in [5.74, 6) is -0.672. The second-order valence-electron chi connectivity index (χ2n) is 4.39. The standard InChI is InChI=1S/C16H12BrClO3/c17-13-5-3-12(4-6-13)15(19)10-21-16(20)9-11-1-7-14(18)8-2-11/h1-8H,9-10H2. The van der Waals surface area contributed by atoms with Crippen LogP contribution in [0.3, 0.4) is 0 Å². The van der Waals surface area contributed by atoms with E-state index in [1.807, 2.05) is 0 Å². The number of ketones is 1. The molecule has 2 aromatic rings. The van der Waals surface area contributed by atoms with Crippen LogP contribution in [0.2, 0.25) is 5.02 Å². The van der Waals surface area contributed by atoms with Crippen molar-refractivity contribution < 1.29 is 14.3 Å². The lowest BCUT2D eigenvalue weighted by Gasteiger charge is -2.05. The Morgan fingerprint density at radius 1 is 1.00 bits per heavy atom. The molecule has 0 amide bonds. The van der Waals surface area contributed by atoms with Gasteiger partial charge >= 0.3 is 5.97 Å². The lowest BCUT2D eigenvalue weighted by Crippen LogP contribution is -2.15. The van der Waals surface area contributed by atoms with Gasteiger partial charge in [-0.2, -0.15) is 0 Å². The van der Waals surface area contributed by atoms with Gasteiger partial charge in [0.2, 0.25) is 0 Å². The lowest BCUT2D eigenvalue weighted by atomic mass is 10.1. The van der Waals surface area contributed by atoms with Crippen molar-refractivity contribution >= 4 is 39.3 Å². The van der Waals surface area contributed by atoms with Gasteiger partial charge < -0.3 is 4.74 Å². The minimum absolute atomic E-state index is 0.116. The summed E-state index contributed by atoms with van der Waals surface area (Å²) in [5, 5.41) is 0.609. The van der Waals surface area contributed by atoms with Crippen LogP contribution in [0.4, 0.5) is 0 Å². The predicted molar refractivity (Wildman–Crippen MR) is 84.6 cm³/mol. The van der Waals surface area contributed by atoms with Crippen molar-refractivity contribution in [1.82, 2.24) is 0 Å². The van der Waals surface area contributed by atoms with Crippen molar-refractivity contribution in [2.45, 2.75) is 6.42 Å². The molecule has 0 spiro atoms. The molecule has 0 aromatic heterocycles. The number of halogens is 2. The quantitative estimate of drug-likeness (QED) is 0.591. The van der Waals surface area contributed by atoms with E-state index < -0.39 is 5.97 Å². The third-order valence-corrected chi connectivity index (χ3v) is 3.57. The molecule has 0 N–H and O–H groups in total. The van der Waals surface area contributed by atoms with Crippen LogP contribution in [0.1, 0.15) is 15.9 Å². The maximum Gasteiger partial charge on any atom is 0.310 e. The van der Waals surface area contributed by atoms with Gasteiger partial charge in [0, 0.05) is 15.1 Å². The van der Waals surface area contributed by atoms with E-state index >= 15 is 0 Å². The first-order chi connectivity index (χ1) is 10.0. The minimum atomic E-state index is -0.442. The molecule has 0 saturated heterocycles. The van der Waals surface area contributed by atoms with Gasteiger partial charge in [0.25, 0.3) is 0 Å². The van der Waals surface area contributed by atoms with Gasteiger partial charge in [-0.3, -0.25) is 9.59 Å². The molecule has 0 aliphatic carbocycles. The molecule has 0 heterocycles. The first kappa shape index (κ1) is 15.7. The molecule has 2 aromatic carbocycles. The van der Waals surface area contributed by atoms with Gasteiger partial charge in [0.05, 0.1) is 6.42 Å². The maximum absolute atomic E-state index is 11.8. The second-order valence-corrected chi connectivity index (χ2v) is 5.75. The zero-order chi connectivity index (χ0) is 15.2. The lowest BCUT2D eigenvalue weighted by molar-refractivity contribution is -0.141. The number of carbonyl (C=O) groups is 2. The summed E-state index contributed by atoms with van der Waals surface area (Å²) in [7, 11) is 0. The average molecular weight is 368 g/mol. The van der Waals surface area contributed by atoms with Crippen LogP contribution in [-0.4, -0.2) is 18.4 Å². The summed E-state index contributed by atoms with van der Waals surface area (Å²) in [4.78, 5) is 23.5. The number of hydrogen-bond acceptors (Lipinski definition) is 3. The van der Waals surface area contributed by atoms with E-state index in [1.54, 1.807) is 48.5 Å². The van der Waals surface area contributed by atoms with Crippen molar-refractivity contribution in [3.05, 3.63) is 69.2 Å². The Morgan fingerprint density at radius 2 is 1.62 bits per heavy atom. The van der Waals surface area contributed by atoms with Crippen molar-refractivity contribution in [2.75, 3.05) is 6.61 Å². The molecule has 3 nitrogen and oxygen atoms in total. The Balaban J connectivity index is 1.84. The molecule has 0 unspecified atom stereocenters. The Bertz CT molecular complexity index is 636.